The van der Waals surface area contributed by atoms with Crippen LogP contribution in [0.5, 0.6) is 0 Å². The fourth-order valence-corrected chi connectivity index (χ4v) is 6.71. The molecular weight excluding hydrogens is 464 g/mol. The number of thiophene rings is 1. The maximum atomic E-state index is 13.1. The van der Waals surface area contributed by atoms with Crippen molar-refractivity contribution < 1.29 is 22.8 Å². The van der Waals surface area contributed by atoms with E-state index in [0.717, 1.165) is 36.3 Å². The van der Waals surface area contributed by atoms with Gasteiger partial charge in [-0.05, 0) is 54.8 Å². The van der Waals surface area contributed by atoms with Crippen LogP contribution in [-0.4, -0.2) is 57.2 Å². The minimum Gasteiger partial charge on any atom is -0.348 e. The summed E-state index contributed by atoms with van der Waals surface area (Å²) < 4.78 is 27.8. The number of anilines is 2. The molecule has 1 fully saturated rings. The lowest BCUT2D eigenvalue weighted by Crippen LogP contribution is -2.37. The summed E-state index contributed by atoms with van der Waals surface area (Å²) in [5.41, 5.74) is 1.74. The average Bonchev–Trinajstić information content (AvgIpc) is 3.48. The fourth-order valence-electron chi connectivity index (χ4n) is 4.07. The Morgan fingerprint density at radius 1 is 1.06 bits per heavy atom. The summed E-state index contributed by atoms with van der Waals surface area (Å²) in [5.74, 6) is -1.47. The molecule has 1 saturated heterocycles. The molecule has 11 heteroatoms. The minimum atomic E-state index is -3.69. The summed E-state index contributed by atoms with van der Waals surface area (Å²) in [5, 5.41) is 6.83. The molecule has 0 aliphatic carbocycles. The topological polar surface area (TPSA) is 116 Å². The Balaban J connectivity index is 1.37. The average molecular weight is 491 g/mol. The maximum Gasteiger partial charge on any atom is 0.313 e. The number of sulfonamides is 1. The van der Waals surface area contributed by atoms with Crippen LogP contribution in [0.15, 0.2) is 39.9 Å². The first-order chi connectivity index (χ1) is 15.9. The third-order valence-corrected chi connectivity index (χ3v) is 8.91. The highest BCUT2D eigenvalue weighted by Gasteiger charge is 2.30. The van der Waals surface area contributed by atoms with Crippen molar-refractivity contribution in [2.24, 2.45) is 0 Å². The number of fused-ring (bicyclic) bond motifs is 1. The van der Waals surface area contributed by atoms with Crippen LogP contribution >= 0.6 is 11.3 Å². The molecule has 0 radical (unpaired) electrons. The van der Waals surface area contributed by atoms with Gasteiger partial charge in [-0.15, -0.1) is 11.3 Å². The zero-order chi connectivity index (χ0) is 23.4. The first kappa shape index (κ1) is 23.2. The molecule has 2 aliphatic rings. The Labute approximate surface area is 196 Å². The van der Waals surface area contributed by atoms with Crippen molar-refractivity contribution in [3.05, 3.63) is 41.3 Å². The summed E-state index contributed by atoms with van der Waals surface area (Å²) in [6.07, 6.45) is 3.44. The Kier molecular flexibility index (Phi) is 6.99. The number of carbonyl (C=O) groups excluding carboxylic acids is 3. The van der Waals surface area contributed by atoms with Crippen molar-refractivity contribution in [1.29, 1.82) is 0 Å². The molecule has 3 amide bonds. The molecule has 0 unspecified atom stereocenters. The summed E-state index contributed by atoms with van der Waals surface area (Å²) in [7, 11) is -3.69. The van der Waals surface area contributed by atoms with E-state index < -0.39 is 21.8 Å². The van der Waals surface area contributed by atoms with E-state index in [2.05, 4.69) is 10.6 Å². The lowest BCUT2D eigenvalue weighted by molar-refractivity contribution is -0.136. The summed E-state index contributed by atoms with van der Waals surface area (Å²) in [6.45, 7) is 1.93. The van der Waals surface area contributed by atoms with Crippen molar-refractivity contribution in [3.63, 3.8) is 0 Å². The molecule has 2 aromatic rings. The SMILES string of the molecule is O=C(NCCCN1CCCC1=O)C(=O)Nc1ccc2c(c1)N(S(=O)(=O)c1cccs1)CCC2. The van der Waals surface area contributed by atoms with E-state index in [1.165, 1.54) is 4.31 Å². The normalized spacial score (nSPS) is 15.9. The van der Waals surface area contributed by atoms with E-state index in [-0.39, 0.29) is 16.7 Å². The summed E-state index contributed by atoms with van der Waals surface area (Å²) in [6, 6.07) is 8.32. The number of rotatable bonds is 7. The number of amides is 3. The van der Waals surface area contributed by atoms with Gasteiger partial charge in [0.1, 0.15) is 4.21 Å². The number of hydrogen-bond acceptors (Lipinski definition) is 6. The van der Waals surface area contributed by atoms with Crippen LogP contribution in [0.2, 0.25) is 0 Å². The molecule has 0 spiro atoms. The second-order valence-corrected chi connectivity index (χ2v) is 11.0. The Hall–Kier alpha value is -2.92. The smallest absolute Gasteiger partial charge is 0.313 e. The first-order valence-corrected chi connectivity index (χ1v) is 13.2. The third kappa shape index (κ3) is 5.19. The monoisotopic (exact) mass is 490 g/mol. The van der Waals surface area contributed by atoms with Crippen molar-refractivity contribution in [2.75, 3.05) is 35.8 Å². The van der Waals surface area contributed by atoms with Crippen LogP contribution in [0.3, 0.4) is 0 Å². The van der Waals surface area contributed by atoms with Crippen LogP contribution in [0.4, 0.5) is 11.4 Å². The lowest BCUT2D eigenvalue weighted by Gasteiger charge is -2.30. The highest BCUT2D eigenvalue weighted by Crippen LogP contribution is 2.35. The van der Waals surface area contributed by atoms with Crippen LogP contribution in [-0.2, 0) is 30.8 Å². The molecule has 1 aromatic heterocycles. The van der Waals surface area contributed by atoms with Crippen molar-refractivity contribution in [1.82, 2.24) is 10.2 Å². The number of aryl methyl sites for hydroxylation is 1. The van der Waals surface area contributed by atoms with E-state index in [1.807, 2.05) is 0 Å². The summed E-state index contributed by atoms with van der Waals surface area (Å²) in [4.78, 5) is 37.9. The largest absolute Gasteiger partial charge is 0.348 e. The number of hydrogen-bond donors (Lipinski definition) is 2. The van der Waals surface area contributed by atoms with Crippen molar-refractivity contribution in [3.8, 4) is 0 Å². The number of benzene rings is 1. The van der Waals surface area contributed by atoms with Gasteiger partial charge < -0.3 is 15.5 Å². The minimum absolute atomic E-state index is 0.126. The highest BCUT2D eigenvalue weighted by atomic mass is 32.2. The second-order valence-electron chi connectivity index (χ2n) is 8.00. The first-order valence-electron chi connectivity index (χ1n) is 10.9. The number of nitrogens with one attached hydrogen (secondary N) is 2. The van der Waals surface area contributed by atoms with Gasteiger partial charge in [-0.25, -0.2) is 8.42 Å². The molecular formula is C22H26N4O5S2. The molecule has 4 rings (SSSR count). The molecule has 2 N–H and O–H groups in total. The van der Waals surface area contributed by atoms with Crippen LogP contribution in [0.25, 0.3) is 0 Å². The van der Waals surface area contributed by atoms with Gasteiger partial charge in [0.25, 0.3) is 10.0 Å². The maximum absolute atomic E-state index is 13.1. The highest BCUT2D eigenvalue weighted by molar-refractivity contribution is 7.94. The van der Waals surface area contributed by atoms with Gasteiger partial charge in [0.15, 0.2) is 0 Å². The van der Waals surface area contributed by atoms with Gasteiger partial charge in [-0.1, -0.05) is 12.1 Å². The molecule has 0 atom stereocenters. The van der Waals surface area contributed by atoms with E-state index in [4.69, 9.17) is 0 Å². The van der Waals surface area contributed by atoms with E-state index in [9.17, 15) is 22.8 Å². The van der Waals surface area contributed by atoms with Crippen LogP contribution < -0.4 is 14.9 Å². The summed E-state index contributed by atoms with van der Waals surface area (Å²) >= 11 is 1.16. The van der Waals surface area contributed by atoms with Gasteiger partial charge in [0, 0.05) is 38.3 Å². The third-order valence-electron chi connectivity index (χ3n) is 5.73. The molecule has 33 heavy (non-hydrogen) atoms. The molecule has 2 aliphatic heterocycles. The fraction of sp³-hybridized carbons (Fsp3) is 0.409. The molecule has 3 heterocycles. The molecule has 176 valence electrons. The Bertz CT molecular complexity index is 1150. The Morgan fingerprint density at radius 2 is 1.88 bits per heavy atom. The predicted octanol–water partition coefficient (Wildman–Crippen LogP) is 1.96. The van der Waals surface area contributed by atoms with Gasteiger partial charge in [0.05, 0.1) is 5.69 Å². The van der Waals surface area contributed by atoms with Crippen LogP contribution in [0.1, 0.15) is 31.2 Å². The zero-order valence-electron chi connectivity index (χ0n) is 18.1. The quantitative estimate of drug-likeness (QED) is 0.455. The standard InChI is InChI=1S/C22H26N4O5S2/c27-19-6-2-11-25(19)12-4-10-23-21(28)22(29)24-17-9-8-16-5-1-13-26(18(16)15-17)33(30,31)20-7-3-14-32-20/h3,7-9,14-15H,1-2,4-6,10-13H2,(H,23,28)(H,24,29). The van der Waals surface area contributed by atoms with E-state index in [0.29, 0.717) is 43.7 Å². The molecule has 9 nitrogen and oxygen atoms in total. The van der Waals surface area contributed by atoms with Gasteiger partial charge >= 0.3 is 11.8 Å². The van der Waals surface area contributed by atoms with E-state index >= 15 is 0 Å². The number of likely N-dealkylation sites (tertiary alicyclic amines) is 1. The molecule has 0 saturated carbocycles. The van der Waals surface area contributed by atoms with Gasteiger partial charge in [0.2, 0.25) is 5.91 Å². The van der Waals surface area contributed by atoms with Crippen molar-refractivity contribution in [2.45, 2.75) is 36.3 Å². The Morgan fingerprint density at radius 3 is 2.61 bits per heavy atom. The lowest BCUT2D eigenvalue weighted by atomic mass is 10.0. The second kappa shape index (κ2) is 9.92. The predicted molar refractivity (Wildman–Crippen MR) is 126 cm³/mol. The van der Waals surface area contributed by atoms with Gasteiger partial charge in [-0.3, -0.25) is 18.7 Å². The van der Waals surface area contributed by atoms with Gasteiger partial charge in [-0.2, -0.15) is 0 Å². The van der Waals surface area contributed by atoms with Crippen LogP contribution in [0, 0.1) is 0 Å². The van der Waals surface area contributed by atoms with Crippen molar-refractivity contribution >= 4 is 50.5 Å². The van der Waals surface area contributed by atoms with E-state index in [1.54, 1.807) is 40.6 Å². The number of carbonyl (C=O) groups is 3. The zero-order valence-corrected chi connectivity index (χ0v) is 19.7. The molecule has 1 aromatic carbocycles. The number of nitrogens with zero attached hydrogens (tertiary/aromatic N) is 2. The molecule has 0 bridgehead atoms.